The maximum absolute atomic E-state index is 13.9. The Kier molecular flexibility index (Phi) is 5.74. The van der Waals surface area contributed by atoms with Gasteiger partial charge in [-0.15, -0.1) is 0 Å². The summed E-state index contributed by atoms with van der Waals surface area (Å²) >= 11 is 0. The molecule has 0 radical (unpaired) electrons. The van der Waals surface area contributed by atoms with Gasteiger partial charge in [-0.05, 0) is 73.0 Å². The number of pyridine rings is 1. The van der Waals surface area contributed by atoms with Crippen molar-refractivity contribution in [1.82, 2.24) is 4.98 Å². The predicted octanol–water partition coefficient (Wildman–Crippen LogP) is 5.99. The highest BCUT2D eigenvalue weighted by molar-refractivity contribution is 6.10. The van der Waals surface area contributed by atoms with Crippen molar-refractivity contribution < 1.29 is 14.0 Å². The fourth-order valence-corrected chi connectivity index (χ4v) is 4.25. The zero-order valence-electron chi connectivity index (χ0n) is 19.3. The molecule has 35 heavy (non-hydrogen) atoms. The molecule has 0 atom stereocenters. The van der Waals surface area contributed by atoms with Crippen LogP contribution >= 0.6 is 0 Å². The SMILES string of the molecule is Cc1cc(C(=O)N2Cc3ccccc3Nc3ccccc32)c(C)cc1NC(=O)c1cccnc1F. The second-order valence-corrected chi connectivity index (χ2v) is 8.47. The first-order valence-corrected chi connectivity index (χ1v) is 11.2. The Morgan fingerprint density at radius 3 is 2.46 bits per heavy atom. The summed E-state index contributed by atoms with van der Waals surface area (Å²) in [6.45, 7) is 4.04. The smallest absolute Gasteiger partial charge is 0.260 e. The van der Waals surface area contributed by atoms with Crippen molar-refractivity contribution in [2.75, 3.05) is 15.5 Å². The lowest BCUT2D eigenvalue weighted by atomic mass is 10.0. The van der Waals surface area contributed by atoms with Crippen molar-refractivity contribution >= 4 is 34.6 Å². The van der Waals surface area contributed by atoms with Crippen LogP contribution in [0.4, 0.5) is 27.1 Å². The minimum absolute atomic E-state index is 0.142. The van der Waals surface area contributed by atoms with E-state index in [1.54, 1.807) is 24.0 Å². The molecule has 0 saturated carbocycles. The third-order valence-corrected chi connectivity index (χ3v) is 6.11. The molecular formula is C28H23FN4O2. The molecule has 0 spiro atoms. The molecular weight excluding hydrogens is 443 g/mol. The molecule has 0 fully saturated rings. The van der Waals surface area contributed by atoms with Gasteiger partial charge in [-0.2, -0.15) is 4.39 Å². The molecule has 5 rings (SSSR count). The summed E-state index contributed by atoms with van der Waals surface area (Å²) in [5.41, 5.74) is 5.90. The van der Waals surface area contributed by atoms with E-state index in [-0.39, 0.29) is 11.5 Å². The van der Waals surface area contributed by atoms with Crippen molar-refractivity contribution in [2.45, 2.75) is 20.4 Å². The van der Waals surface area contributed by atoms with Gasteiger partial charge in [-0.25, -0.2) is 4.98 Å². The van der Waals surface area contributed by atoms with Gasteiger partial charge in [-0.3, -0.25) is 9.59 Å². The van der Waals surface area contributed by atoms with Crippen LogP contribution < -0.4 is 15.5 Å². The molecule has 2 N–H and O–H groups in total. The lowest BCUT2D eigenvalue weighted by Gasteiger charge is -2.24. The van der Waals surface area contributed by atoms with Crippen LogP contribution in [0.3, 0.4) is 0 Å². The average molecular weight is 467 g/mol. The van der Waals surface area contributed by atoms with E-state index in [4.69, 9.17) is 0 Å². The number of hydrogen-bond acceptors (Lipinski definition) is 4. The van der Waals surface area contributed by atoms with E-state index < -0.39 is 11.9 Å². The number of carbonyl (C=O) groups is 2. The van der Waals surface area contributed by atoms with Gasteiger partial charge in [0.1, 0.15) is 0 Å². The summed E-state index contributed by atoms with van der Waals surface area (Å²) in [5, 5.41) is 6.18. The Balaban J connectivity index is 1.49. The van der Waals surface area contributed by atoms with E-state index in [1.165, 1.54) is 18.3 Å². The van der Waals surface area contributed by atoms with Gasteiger partial charge in [-0.1, -0.05) is 30.3 Å². The van der Waals surface area contributed by atoms with Crippen LogP contribution in [0.25, 0.3) is 0 Å². The van der Waals surface area contributed by atoms with Crippen LogP contribution in [0.15, 0.2) is 79.0 Å². The number of aryl methyl sites for hydroxylation is 2. The molecule has 2 heterocycles. The third kappa shape index (κ3) is 4.24. The lowest BCUT2D eigenvalue weighted by Crippen LogP contribution is -2.30. The van der Waals surface area contributed by atoms with Gasteiger partial charge in [0, 0.05) is 23.1 Å². The standard InChI is InChI=1S/C28H23FN4O2/c1-17-15-24(32-27(34)20-9-7-13-30-26(20)29)18(2)14-21(17)28(35)33-16-19-8-3-4-10-22(19)31-23-11-5-6-12-25(23)33/h3-15,31H,16H2,1-2H3,(H,32,34). The molecule has 1 aromatic heterocycles. The van der Waals surface area contributed by atoms with Gasteiger partial charge in [0.15, 0.2) is 0 Å². The number of fused-ring (bicyclic) bond motifs is 2. The second kappa shape index (κ2) is 9.02. The van der Waals surface area contributed by atoms with Crippen molar-refractivity contribution in [3.8, 4) is 0 Å². The Labute approximate surface area is 202 Å². The zero-order chi connectivity index (χ0) is 24.5. The number of amides is 2. The molecule has 1 aliphatic rings. The number of anilines is 4. The highest BCUT2D eigenvalue weighted by Gasteiger charge is 2.26. The number of nitrogens with zero attached hydrogens (tertiary/aromatic N) is 2. The molecule has 174 valence electrons. The summed E-state index contributed by atoms with van der Waals surface area (Å²) in [6, 6.07) is 22.0. The number of nitrogens with one attached hydrogen (secondary N) is 2. The molecule has 2 amide bonds. The maximum atomic E-state index is 13.9. The van der Waals surface area contributed by atoms with Crippen LogP contribution in [-0.4, -0.2) is 16.8 Å². The van der Waals surface area contributed by atoms with Crippen LogP contribution in [0.2, 0.25) is 0 Å². The molecule has 0 saturated heterocycles. The first-order chi connectivity index (χ1) is 16.9. The minimum Gasteiger partial charge on any atom is -0.354 e. The molecule has 0 bridgehead atoms. The van der Waals surface area contributed by atoms with Gasteiger partial charge < -0.3 is 15.5 Å². The Hall–Kier alpha value is -4.52. The topological polar surface area (TPSA) is 74.3 Å². The molecule has 6 nitrogen and oxygen atoms in total. The molecule has 3 aromatic carbocycles. The first-order valence-electron chi connectivity index (χ1n) is 11.2. The average Bonchev–Trinajstić information content (AvgIpc) is 3.02. The number of para-hydroxylation sites is 3. The minimum atomic E-state index is -0.833. The number of carbonyl (C=O) groups excluding carboxylic acids is 2. The maximum Gasteiger partial charge on any atom is 0.260 e. The number of aromatic nitrogens is 1. The van der Waals surface area contributed by atoms with Crippen molar-refractivity contribution in [1.29, 1.82) is 0 Å². The normalized spacial score (nSPS) is 12.1. The van der Waals surface area contributed by atoms with Crippen LogP contribution in [-0.2, 0) is 6.54 Å². The fraction of sp³-hybridized carbons (Fsp3) is 0.107. The van der Waals surface area contributed by atoms with E-state index in [0.29, 0.717) is 28.9 Å². The molecule has 0 unspecified atom stereocenters. The van der Waals surface area contributed by atoms with Crippen LogP contribution in [0.1, 0.15) is 37.4 Å². The van der Waals surface area contributed by atoms with Gasteiger partial charge in [0.25, 0.3) is 11.8 Å². The van der Waals surface area contributed by atoms with Crippen molar-refractivity contribution in [2.24, 2.45) is 0 Å². The number of rotatable bonds is 3. The Bertz CT molecular complexity index is 1470. The van der Waals surface area contributed by atoms with E-state index >= 15 is 0 Å². The number of halogens is 1. The molecule has 0 aliphatic carbocycles. The van der Waals surface area contributed by atoms with Crippen molar-refractivity contribution in [3.63, 3.8) is 0 Å². The fourth-order valence-electron chi connectivity index (χ4n) is 4.25. The summed E-state index contributed by atoms with van der Waals surface area (Å²) in [5.74, 6) is -1.58. The van der Waals surface area contributed by atoms with Crippen LogP contribution in [0, 0.1) is 19.8 Å². The highest BCUT2D eigenvalue weighted by Crippen LogP contribution is 2.37. The summed E-state index contributed by atoms with van der Waals surface area (Å²) in [7, 11) is 0. The summed E-state index contributed by atoms with van der Waals surface area (Å²) < 4.78 is 13.9. The monoisotopic (exact) mass is 466 g/mol. The number of hydrogen-bond donors (Lipinski definition) is 2. The highest BCUT2D eigenvalue weighted by atomic mass is 19.1. The molecule has 4 aromatic rings. The number of benzene rings is 3. The summed E-state index contributed by atoms with van der Waals surface area (Å²) in [6.07, 6.45) is 1.29. The van der Waals surface area contributed by atoms with Crippen LogP contribution in [0.5, 0.6) is 0 Å². The first kappa shape index (κ1) is 22.3. The van der Waals surface area contributed by atoms with Crippen molar-refractivity contribution in [3.05, 3.63) is 113 Å². The van der Waals surface area contributed by atoms with Gasteiger partial charge in [0.05, 0.1) is 23.5 Å². The lowest BCUT2D eigenvalue weighted by molar-refractivity contribution is 0.0983. The third-order valence-electron chi connectivity index (χ3n) is 6.11. The van der Waals surface area contributed by atoms with E-state index in [1.807, 2.05) is 55.5 Å². The summed E-state index contributed by atoms with van der Waals surface area (Å²) in [4.78, 5) is 31.7. The zero-order valence-corrected chi connectivity index (χ0v) is 19.3. The molecule has 1 aliphatic heterocycles. The predicted molar refractivity (Wildman–Crippen MR) is 135 cm³/mol. The van der Waals surface area contributed by atoms with E-state index in [0.717, 1.165) is 22.6 Å². The Morgan fingerprint density at radius 2 is 1.66 bits per heavy atom. The van der Waals surface area contributed by atoms with Gasteiger partial charge in [0.2, 0.25) is 5.95 Å². The largest absolute Gasteiger partial charge is 0.354 e. The Morgan fingerprint density at radius 1 is 0.914 bits per heavy atom. The van der Waals surface area contributed by atoms with E-state index in [9.17, 15) is 14.0 Å². The quantitative estimate of drug-likeness (QED) is 0.364. The second-order valence-electron chi connectivity index (χ2n) is 8.47. The van der Waals surface area contributed by atoms with Gasteiger partial charge >= 0.3 is 0 Å². The van der Waals surface area contributed by atoms with E-state index in [2.05, 4.69) is 15.6 Å². The molecule has 7 heteroatoms.